The van der Waals surface area contributed by atoms with Crippen LogP contribution in [0.5, 0.6) is 0 Å². The fraction of sp³-hybridized carbons (Fsp3) is 1.00. The molecule has 0 aromatic heterocycles. The van der Waals surface area contributed by atoms with E-state index < -0.39 is 0 Å². The minimum atomic E-state index is -0.177. The molecular formula is C8H15NO. The van der Waals surface area contributed by atoms with E-state index in [2.05, 4.69) is 0 Å². The van der Waals surface area contributed by atoms with Crippen LogP contribution in [0.4, 0.5) is 0 Å². The number of hydrogen-bond acceptors (Lipinski definition) is 2. The van der Waals surface area contributed by atoms with Gasteiger partial charge in [0.05, 0.1) is 6.61 Å². The summed E-state index contributed by atoms with van der Waals surface area (Å²) >= 11 is 0. The summed E-state index contributed by atoms with van der Waals surface area (Å²) in [5, 5.41) is 8.97. The Morgan fingerprint density at radius 2 is 1.90 bits per heavy atom. The van der Waals surface area contributed by atoms with E-state index in [1.807, 2.05) is 0 Å². The van der Waals surface area contributed by atoms with E-state index in [1.54, 1.807) is 0 Å². The molecule has 0 amide bonds. The van der Waals surface area contributed by atoms with Crippen LogP contribution in [0.15, 0.2) is 0 Å². The van der Waals surface area contributed by atoms with Crippen LogP contribution in [0.3, 0.4) is 0 Å². The van der Waals surface area contributed by atoms with Crippen LogP contribution in [0.25, 0.3) is 0 Å². The largest absolute Gasteiger partial charge is 0.394 e. The molecule has 0 radical (unpaired) electrons. The highest BCUT2D eigenvalue weighted by Crippen LogP contribution is 2.63. The highest BCUT2D eigenvalue weighted by molar-refractivity contribution is 5.20. The highest BCUT2D eigenvalue weighted by atomic mass is 16.3. The Bertz CT molecular complexity index is 151. The first kappa shape index (κ1) is 6.62. The third-order valence-corrected chi connectivity index (χ3v) is 3.43. The highest BCUT2D eigenvalue weighted by Gasteiger charge is 2.64. The number of aliphatic hydroxyl groups excluding tert-OH is 1. The van der Waals surface area contributed by atoms with Crippen molar-refractivity contribution in [3.05, 3.63) is 0 Å². The predicted molar refractivity (Wildman–Crippen MR) is 39.5 cm³/mol. The van der Waals surface area contributed by atoms with Gasteiger partial charge in [0.15, 0.2) is 0 Å². The first-order valence-corrected chi connectivity index (χ1v) is 4.12. The molecule has 0 aliphatic heterocycles. The Morgan fingerprint density at radius 1 is 1.30 bits per heavy atom. The van der Waals surface area contributed by atoms with Crippen LogP contribution in [0.1, 0.15) is 32.1 Å². The molecule has 2 saturated carbocycles. The molecule has 10 heavy (non-hydrogen) atoms. The van der Waals surface area contributed by atoms with Crippen molar-refractivity contribution in [3.63, 3.8) is 0 Å². The molecule has 2 aliphatic carbocycles. The Morgan fingerprint density at radius 3 is 2.30 bits per heavy atom. The van der Waals surface area contributed by atoms with Crippen LogP contribution in [0, 0.1) is 5.41 Å². The van der Waals surface area contributed by atoms with Gasteiger partial charge in [0.1, 0.15) is 0 Å². The van der Waals surface area contributed by atoms with Crippen molar-refractivity contribution in [2.24, 2.45) is 11.1 Å². The molecular weight excluding hydrogens is 126 g/mol. The average Bonchev–Trinajstić information content (AvgIpc) is 2.28. The maximum absolute atomic E-state index is 8.97. The summed E-state index contributed by atoms with van der Waals surface area (Å²) in [5.41, 5.74) is 6.14. The Hall–Kier alpha value is -0.0800. The topological polar surface area (TPSA) is 46.2 Å². The molecule has 2 aliphatic rings. The van der Waals surface area contributed by atoms with Gasteiger partial charge in [-0.15, -0.1) is 0 Å². The summed E-state index contributed by atoms with van der Waals surface area (Å²) in [7, 11) is 0. The third kappa shape index (κ3) is 0.611. The number of hydrogen-bond donors (Lipinski definition) is 2. The second-order valence-electron chi connectivity index (χ2n) is 3.98. The van der Waals surface area contributed by atoms with Gasteiger partial charge in [-0.2, -0.15) is 0 Å². The van der Waals surface area contributed by atoms with Crippen molar-refractivity contribution in [3.8, 4) is 0 Å². The van der Waals surface area contributed by atoms with E-state index >= 15 is 0 Å². The summed E-state index contributed by atoms with van der Waals surface area (Å²) in [6.45, 7) is 0.188. The Balaban J connectivity index is 2.09. The van der Waals surface area contributed by atoms with E-state index in [4.69, 9.17) is 10.8 Å². The van der Waals surface area contributed by atoms with Crippen molar-refractivity contribution in [1.82, 2.24) is 0 Å². The van der Waals surface area contributed by atoms with Gasteiger partial charge in [0.2, 0.25) is 0 Å². The molecule has 0 aromatic rings. The number of nitrogens with two attached hydrogens (primary N) is 1. The number of rotatable bonds is 1. The molecule has 3 N–H and O–H groups in total. The summed E-state index contributed by atoms with van der Waals surface area (Å²) in [5.74, 6) is 0. The van der Waals surface area contributed by atoms with E-state index in [1.165, 1.54) is 25.7 Å². The maximum atomic E-state index is 8.97. The van der Waals surface area contributed by atoms with Gasteiger partial charge in [-0.05, 0) is 24.7 Å². The van der Waals surface area contributed by atoms with E-state index in [0.717, 1.165) is 6.42 Å². The van der Waals surface area contributed by atoms with Gasteiger partial charge < -0.3 is 10.8 Å². The average molecular weight is 141 g/mol. The van der Waals surface area contributed by atoms with Gasteiger partial charge in [-0.1, -0.05) is 12.8 Å². The van der Waals surface area contributed by atoms with Crippen molar-refractivity contribution >= 4 is 0 Å². The van der Waals surface area contributed by atoms with Gasteiger partial charge in [-0.25, -0.2) is 0 Å². The Labute approximate surface area is 61.4 Å². The predicted octanol–water partition coefficient (Wildman–Crippen LogP) is 0.640. The summed E-state index contributed by atoms with van der Waals surface area (Å²) in [6, 6.07) is 0. The van der Waals surface area contributed by atoms with Crippen molar-refractivity contribution in [2.45, 2.75) is 37.6 Å². The smallest absolute Gasteiger partial charge is 0.0616 e. The molecule has 1 spiro atoms. The minimum absolute atomic E-state index is 0.177. The Kier molecular flexibility index (Phi) is 1.15. The molecule has 1 atom stereocenters. The first-order valence-electron chi connectivity index (χ1n) is 4.12. The molecule has 58 valence electrons. The second kappa shape index (κ2) is 1.74. The summed E-state index contributed by atoms with van der Waals surface area (Å²) < 4.78 is 0. The molecule has 2 heteroatoms. The molecule has 0 heterocycles. The lowest BCUT2D eigenvalue weighted by Gasteiger charge is -2.13. The molecule has 0 bridgehead atoms. The van der Waals surface area contributed by atoms with Crippen LogP contribution >= 0.6 is 0 Å². The summed E-state index contributed by atoms with van der Waals surface area (Å²) in [4.78, 5) is 0. The lowest BCUT2D eigenvalue weighted by atomic mass is 9.99. The van der Waals surface area contributed by atoms with Crippen LogP contribution in [0.2, 0.25) is 0 Å². The lowest BCUT2D eigenvalue weighted by molar-refractivity contribution is 0.225. The minimum Gasteiger partial charge on any atom is -0.394 e. The summed E-state index contributed by atoms with van der Waals surface area (Å²) in [6.07, 6.45) is 6.21. The quantitative estimate of drug-likeness (QED) is 0.563. The van der Waals surface area contributed by atoms with Gasteiger partial charge in [-0.3, -0.25) is 0 Å². The van der Waals surface area contributed by atoms with Gasteiger partial charge >= 0.3 is 0 Å². The zero-order chi connectivity index (χ0) is 7.24. The molecule has 2 fully saturated rings. The zero-order valence-electron chi connectivity index (χ0n) is 6.27. The van der Waals surface area contributed by atoms with Gasteiger partial charge in [0, 0.05) is 5.54 Å². The SMILES string of the molecule is NC1(CO)CC12CCCC2. The lowest BCUT2D eigenvalue weighted by Crippen LogP contribution is -2.33. The standard InChI is InChI=1S/C8H15NO/c9-8(6-10)5-7(8)3-1-2-4-7/h10H,1-6,9H2. The van der Waals surface area contributed by atoms with Crippen molar-refractivity contribution in [2.75, 3.05) is 6.61 Å². The van der Waals surface area contributed by atoms with E-state index in [9.17, 15) is 0 Å². The molecule has 0 aromatic carbocycles. The van der Waals surface area contributed by atoms with Crippen LogP contribution in [-0.2, 0) is 0 Å². The first-order chi connectivity index (χ1) is 4.72. The fourth-order valence-electron chi connectivity index (χ4n) is 2.51. The van der Waals surface area contributed by atoms with Gasteiger partial charge in [0.25, 0.3) is 0 Å². The van der Waals surface area contributed by atoms with E-state index in [0.29, 0.717) is 5.41 Å². The number of aliphatic hydroxyl groups is 1. The molecule has 0 saturated heterocycles. The van der Waals surface area contributed by atoms with Crippen molar-refractivity contribution < 1.29 is 5.11 Å². The molecule has 2 nitrogen and oxygen atoms in total. The van der Waals surface area contributed by atoms with Crippen molar-refractivity contribution in [1.29, 1.82) is 0 Å². The maximum Gasteiger partial charge on any atom is 0.0616 e. The third-order valence-electron chi connectivity index (χ3n) is 3.43. The monoisotopic (exact) mass is 141 g/mol. The van der Waals surface area contributed by atoms with Crippen LogP contribution in [-0.4, -0.2) is 17.3 Å². The van der Waals surface area contributed by atoms with E-state index in [-0.39, 0.29) is 12.1 Å². The second-order valence-corrected chi connectivity index (χ2v) is 3.98. The normalized spacial score (nSPS) is 42.6. The molecule has 1 unspecified atom stereocenters. The molecule has 2 rings (SSSR count). The van der Waals surface area contributed by atoms with Crippen LogP contribution < -0.4 is 5.73 Å². The fourth-order valence-corrected chi connectivity index (χ4v) is 2.51. The zero-order valence-corrected chi connectivity index (χ0v) is 6.27.